The Labute approximate surface area is 102 Å². The molecule has 2 aromatic rings. The van der Waals surface area contributed by atoms with Crippen molar-refractivity contribution in [2.75, 3.05) is 0 Å². The van der Waals surface area contributed by atoms with Crippen LogP contribution in [0.4, 0.5) is 5.82 Å². The van der Waals surface area contributed by atoms with Crippen LogP contribution in [0.2, 0.25) is 0 Å². The summed E-state index contributed by atoms with van der Waals surface area (Å²) in [4.78, 5) is 15.7. The topological polar surface area (TPSA) is 60.4 Å². The maximum Gasteiger partial charge on any atom is 0.355 e. The molecule has 0 unspecified atom stereocenters. The van der Waals surface area contributed by atoms with Gasteiger partial charge in [-0.15, -0.1) is 0 Å². The van der Waals surface area contributed by atoms with Crippen LogP contribution in [0, 0.1) is 10.1 Å². The van der Waals surface area contributed by atoms with Crippen molar-refractivity contribution in [1.29, 1.82) is 0 Å². The fraction of sp³-hybridized carbons (Fsp3) is 0.364. The van der Waals surface area contributed by atoms with Crippen LogP contribution >= 0.6 is 11.3 Å². The fourth-order valence-corrected chi connectivity index (χ4v) is 2.95. The van der Waals surface area contributed by atoms with E-state index >= 15 is 0 Å². The van der Waals surface area contributed by atoms with Crippen LogP contribution in [0.25, 0.3) is 11.0 Å². The molecule has 2 heterocycles. The number of nitro groups is 1. The molecule has 6 heteroatoms. The molecular formula is C11H11N3O2S. The Morgan fingerprint density at radius 3 is 2.94 bits per heavy atom. The molecule has 2 aromatic heterocycles. The van der Waals surface area contributed by atoms with Crippen molar-refractivity contribution in [2.45, 2.75) is 25.7 Å². The van der Waals surface area contributed by atoms with E-state index in [1.807, 2.05) is 11.5 Å². The highest BCUT2D eigenvalue weighted by atomic mass is 32.1. The monoisotopic (exact) mass is 249 g/mol. The molecule has 0 atom stereocenters. The summed E-state index contributed by atoms with van der Waals surface area (Å²) in [5, 5.41) is 12.9. The molecule has 1 fully saturated rings. The molecule has 0 radical (unpaired) electrons. The number of hydrogen-bond acceptors (Lipinski definition) is 4. The van der Waals surface area contributed by atoms with Gasteiger partial charge in [-0.25, -0.2) is 0 Å². The summed E-state index contributed by atoms with van der Waals surface area (Å²) in [5.41, 5.74) is 1.78. The van der Waals surface area contributed by atoms with Crippen molar-refractivity contribution >= 4 is 28.2 Å². The number of aromatic nitrogens is 2. The molecule has 88 valence electrons. The van der Waals surface area contributed by atoms with Gasteiger partial charge in [0.2, 0.25) is 0 Å². The lowest BCUT2D eigenvalue weighted by atomic mass is 10.2. The third-order valence-electron chi connectivity index (χ3n) is 3.02. The second-order valence-electron chi connectivity index (χ2n) is 4.14. The van der Waals surface area contributed by atoms with E-state index < -0.39 is 0 Å². The van der Waals surface area contributed by atoms with Crippen LogP contribution in [0.5, 0.6) is 0 Å². The van der Waals surface area contributed by atoms with Crippen molar-refractivity contribution in [1.82, 2.24) is 9.38 Å². The highest BCUT2D eigenvalue weighted by Gasteiger charge is 2.22. The van der Waals surface area contributed by atoms with Crippen molar-refractivity contribution in [2.24, 2.45) is 0 Å². The summed E-state index contributed by atoms with van der Waals surface area (Å²) in [6.07, 6.45) is 8.04. The van der Waals surface area contributed by atoms with E-state index in [1.165, 1.54) is 29.8 Å². The zero-order chi connectivity index (χ0) is 11.8. The number of thiazole rings is 1. The van der Waals surface area contributed by atoms with Crippen molar-refractivity contribution in [3.05, 3.63) is 33.0 Å². The predicted octanol–water partition coefficient (Wildman–Crippen LogP) is 3.26. The van der Waals surface area contributed by atoms with Crippen LogP contribution in [0.3, 0.4) is 0 Å². The Bertz CT molecular complexity index is 603. The first-order valence-corrected chi connectivity index (χ1v) is 6.43. The van der Waals surface area contributed by atoms with Gasteiger partial charge in [0.15, 0.2) is 5.69 Å². The first kappa shape index (κ1) is 10.5. The quantitative estimate of drug-likeness (QED) is 0.606. The highest BCUT2D eigenvalue weighted by molar-refractivity contribution is 7.15. The molecule has 1 aliphatic rings. The second-order valence-corrected chi connectivity index (χ2v) is 5.02. The summed E-state index contributed by atoms with van der Waals surface area (Å²) in [7, 11) is 0. The number of fused-ring (bicyclic) bond motifs is 1. The van der Waals surface area contributed by atoms with Gasteiger partial charge in [0, 0.05) is 5.38 Å². The summed E-state index contributed by atoms with van der Waals surface area (Å²) in [6, 6.07) is 0. The lowest BCUT2D eigenvalue weighted by molar-refractivity contribution is -0.390. The predicted molar refractivity (Wildman–Crippen MR) is 66.2 cm³/mol. The summed E-state index contributed by atoms with van der Waals surface area (Å²) >= 11 is 1.42. The first-order valence-electron chi connectivity index (χ1n) is 5.55. The van der Waals surface area contributed by atoms with Gasteiger partial charge in [-0.05, 0) is 36.7 Å². The molecule has 0 aromatic carbocycles. The number of hydrogen-bond donors (Lipinski definition) is 0. The van der Waals surface area contributed by atoms with Crippen LogP contribution in [0.15, 0.2) is 17.2 Å². The van der Waals surface area contributed by atoms with E-state index in [9.17, 15) is 10.1 Å². The van der Waals surface area contributed by atoms with E-state index in [-0.39, 0.29) is 10.7 Å². The Kier molecular flexibility index (Phi) is 2.44. The zero-order valence-electron chi connectivity index (χ0n) is 9.13. The maximum atomic E-state index is 11.1. The molecule has 17 heavy (non-hydrogen) atoms. The molecule has 0 aliphatic heterocycles. The Morgan fingerprint density at radius 1 is 1.47 bits per heavy atom. The minimum absolute atomic E-state index is 0.0839. The summed E-state index contributed by atoms with van der Waals surface area (Å²) < 4.78 is 1.55. The van der Waals surface area contributed by atoms with Crippen LogP contribution in [0.1, 0.15) is 31.4 Å². The third-order valence-corrected chi connectivity index (χ3v) is 3.78. The third kappa shape index (κ3) is 1.74. The summed E-state index contributed by atoms with van der Waals surface area (Å²) in [5.74, 6) is 0.0839. The van der Waals surface area contributed by atoms with Gasteiger partial charge in [0.05, 0.1) is 0 Å². The molecule has 0 N–H and O–H groups in total. The largest absolute Gasteiger partial charge is 0.358 e. The van der Waals surface area contributed by atoms with Gasteiger partial charge in [0.25, 0.3) is 4.96 Å². The van der Waals surface area contributed by atoms with Crippen molar-refractivity contribution < 1.29 is 4.92 Å². The SMILES string of the molecule is O=[N+]([O-])c1c(C=C2CCCC2)nc2sccn12. The van der Waals surface area contributed by atoms with Gasteiger partial charge in [-0.2, -0.15) is 9.38 Å². The highest BCUT2D eigenvalue weighted by Crippen LogP contribution is 2.30. The van der Waals surface area contributed by atoms with Crippen LogP contribution in [-0.4, -0.2) is 14.3 Å². The van der Waals surface area contributed by atoms with Crippen LogP contribution in [-0.2, 0) is 0 Å². The van der Waals surface area contributed by atoms with Crippen molar-refractivity contribution in [3.8, 4) is 0 Å². The average molecular weight is 249 g/mol. The normalized spacial score (nSPS) is 15.6. The van der Waals surface area contributed by atoms with Gasteiger partial charge in [0.1, 0.15) is 6.20 Å². The standard InChI is InChI=1S/C11H11N3O2S/c15-14(16)10-9(7-8-3-1-2-4-8)12-11-13(10)5-6-17-11/h5-7H,1-4H2. The Hall–Kier alpha value is -1.69. The molecule has 0 spiro atoms. The van der Waals surface area contributed by atoms with E-state index in [0.29, 0.717) is 10.7 Å². The summed E-state index contributed by atoms with van der Waals surface area (Å²) in [6.45, 7) is 0. The van der Waals surface area contributed by atoms with Gasteiger partial charge in [-0.3, -0.25) is 0 Å². The maximum absolute atomic E-state index is 11.1. The smallest absolute Gasteiger partial charge is 0.355 e. The lowest BCUT2D eigenvalue weighted by Gasteiger charge is -1.95. The average Bonchev–Trinajstić information content (AvgIpc) is 2.92. The van der Waals surface area contributed by atoms with Gasteiger partial charge < -0.3 is 10.1 Å². The lowest BCUT2D eigenvalue weighted by Crippen LogP contribution is -1.94. The molecule has 0 bridgehead atoms. The fourth-order valence-electron chi connectivity index (χ4n) is 2.24. The molecule has 1 saturated carbocycles. The number of allylic oxidation sites excluding steroid dienone is 1. The Balaban J connectivity index is 2.14. The number of imidazole rings is 1. The minimum atomic E-state index is -0.353. The Morgan fingerprint density at radius 2 is 2.24 bits per heavy atom. The number of nitrogens with zero attached hydrogens (tertiary/aromatic N) is 3. The van der Waals surface area contributed by atoms with Gasteiger partial charge in [-0.1, -0.05) is 16.9 Å². The van der Waals surface area contributed by atoms with E-state index in [1.54, 1.807) is 10.6 Å². The molecule has 0 saturated heterocycles. The van der Waals surface area contributed by atoms with E-state index in [0.717, 1.165) is 12.8 Å². The van der Waals surface area contributed by atoms with E-state index in [4.69, 9.17) is 0 Å². The first-order chi connectivity index (χ1) is 8.25. The van der Waals surface area contributed by atoms with Crippen LogP contribution < -0.4 is 0 Å². The molecule has 1 aliphatic carbocycles. The minimum Gasteiger partial charge on any atom is -0.358 e. The zero-order valence-corrected chi connectivity index (χ0v) is 9.94. The van der Waals surface area contributed by atoms with E-state index in [2.05, 4.69) is 4.98 Å². The van der Waals surface area contributed by atoms with Crippen molar-refractivity contribution in [3.63, 3.8) is 0 Å². The molecule has 0 amide bonds. The molecule has 3 rings (SSSR count). The molecular weight excluding hydrogens is 238 g/mol. The number of rotatable bonds is 2. The van der Waals surface area contributed by atoms with Gasteiger partial charge >= 0.3 is 5.82 Å². The second kappa shape index (κ2) is 3.96. The molecule has 5 nitrogen and oxygen atoms in total.